The Morgan fingerprint density at radius 1 is 1.15 bits per heavy atom. The molecular weight excluding hydrogens is 250 g/mol. The van der Waals surface area contributed by atoms with E-state index in [4.69, 9.17) is 0 Å². The molecule has 0 bridgehead atoms. The maximum absolute atomic E-state index is 12.1. The molecule has 0 atom stereocenters. The van der Waals surface area contributed by atoms with Gasteiger partial charge in [0.1, 0.15) is 0 Å². The third-order valence-electron chi connectivity index (χ3n) is 3.89. The van der Waals surface area contributed by atoms with Crippen molar-refractivity contribution in [2.75, 3.05) is 5.32 Å². The number of benzene rings is 1. The van der Waals surface area contributed by atoms with Gasteiger partial charge in [-0.15, -0.1) is 0 Å². The van der Waals surface area contributed by atoms with E-state index >= 15 is 0 Å². The predicted molar refractivity (Wildman–Crippen MR) is 79.2 cm³/mol. The quantitative estimate of drug-likeness (QED) is 0.894. The second-order valence-corrected chi connectivity index (χ2v) is 5.36. The summed E-state index contributed by atoms with van der Waals surface area (Å²) in [4.78, 5) is 12.1. The van der Waals surface area contributed by atoms with Gasteiger partial charge in [-0.3, -0.25) is 9.89 Å². The van der Waals surface area contributed by atoms with Crippen LogP contribution in [0.2, 0.25) is 0 Å². The second kappa shape index (κ2) is 5.90. The van der Waals surface area contributed by atoms with Crippen molar-refractivity contribution in [1.82, 2.24) is 10.2 Å². The number of amides is 1. The Balaban J connectivity index is 1.66. The van der Waals surface area contributed by atoms with Crippen LogP contribution in [0.1, 0.15) is 32.1 Å². The standard InChI is InChI=1S/C16H19N3O/c20-16(13-9-5-2-6-10-13)17-15-11-14(18-19-15)12-7-3-1-4-8-12/h1,3-4,7-8,11,13H,2,5-6,9-10H2,(H2,17,18,19,20). The summed E-state index contributed by atoms with van der Waals surface area (Å²) in [5.41, 5.74) is 1.99. The summed E-state index contributed by atoms with van der Waals surface area (Å²) in [5, 5.41) is 10.1. The summed E-state index contributed by atoms with van der Waals surface area (Å²) in [5.74, 6) is 0.871. The Bertz CT molecular complexity index is 570. The Hall–Kier alpha value is -2.10. The number of aromatic amines is 1. The minimum absolute atomic E-state index is 0.107. The zero-order chi connectivity index (χ0) is 13.8. The maximum Gasteiger partial charge on any atom is 0.228 e. The largest absolute Gasteiger partial charge is 0.309 e. The number of rotatable bonds is 3. The van der Waals surface area contributed by atoms with Gasteiger partial charge in [0.25, 0.3) is 0 Å². The molecule has 0 aliphatic heterocycles. The highest BCUT2D eigenvalue weighted by Crippen LogP contribution is 2.25. The highest BCUT2D eigenvalue weighted by atomic mass is 16.1. The van der Waals surface area contributed by atoms with E-state index in [0.29, 0.717) is 5.82 Å². The Morgan fingerprint density at radius 2 is 1.90 bits per heavy atom. The molecule has 1 heterocycles. The first kappa shape index (κ1) is 12.9. The summed E-state index contributed by atoms with van der Waals surface area (Å²) >= 11 is 0. The van der Waals surface area contributed by atoms with E-state index in [1.165, 1.54) is 6.42 Å². The molecule has 104 valence electrons. The van der Waals surface area contributed by atoms with E-state index in [1.54, 1.807) is 0 Å². The van der Waals surface area contributed by atoms with Gasteiger partial charge in [0.05, 0.1) is 5.69 Å². The highest BCUT2D eigenvalue weighted by molar-refractivity contribution is 5.92. The van der Waals surface area contributed by atoms with Gasteiger partial charge >= 0.3 is 0 Å². The fourth-order valence-corrected chi connectivity index (χ4v) is 2.74. The lowest BCUT2D eigenvalue weighted by molar-refractivity contribution is -0.120. The number of carbonyl (C=O) groups is 1. The monoisotopic (exact) mass is 269 g/mol. The summed E-state index contributed by atoms with van der Waals surface area (Å²) in [7, 11) is 0. The Kier molecular flexibility index (Phi) is 3.81. The number of hydrogen-bond acceptors (Lipinski definition) is 2. The summed E-state index contributed by atoms with van der Waals surface area (Å²) in [6.45, 7) is 0. The van der Waals surface area contributed by atoms with E-state index in [1.807, 2.05) is 36.4 Å². The average molecular weight is 269 g/mol. The highest BCUT2D eigenvalue weighted by Gasteiger charge is 2.21. The van der Waals surface area contributed by atoms with Crippen LogP contribution >= 0.6 is 0 Å². The molecule has 2 aromatic rings. The number of carbonyl (C=O) groups excluding carboxylic acids is 1. The van der Waals surface area contributed by atoms with Gasteiger partial charge in [-0.1, -0.05) is 49.6 Å². The second-order valence-electron chi connectivity index (χ2n) is 5.36. The van der Waals surface area contributed by atoms with Crippen LogP contribution in [0, 0.1) is 5.92 Å². The van der Waals surface area contributed by atoms with Crippen LogP contribution in [0.5, 0.6) is 0 Å². The van der Waals surface area contributed by atoms with Gasteiger partial charge in [0, 0.05) is 12.0 Å². The fourth-order valence-electron chi connectivity index (χ4n) is 2.74. The molecule has 1 amide bonds. The molecular formula is C16H19N3O. The van der Waals surface area contributed by atoms with Gasteiger partial charge in [0.15, 0.2) is 5.82 Å². The Morgan fingerprint density at radius 3 is 2.65 bits per heavy atom. The molecule has 0 radical (unpaired) electrons. The summed E-state index contributed by atoms with van der Waals surface area (Å²) in [6, 6.07) is 11.9. The third kappa shape index (κ3) is 2.90. The van der Waals surface area contributed by atoms with Crippen molar-refractivity contribution in [2.24, 2.45) is 5.92 Å². The summed E-state index contributed by atoms with van der Waals surface area (Å²) in [6.07, 6.45) is 5.58. The first-order valence-corrected chi connectivity index (χ1v) is 7.24. The van der Waals surface area contributed by atoms with Crippen LogP contribution in [-0.4, -0.2) is 16.1 Å². The van der Waals surface area contributed by atoms with E-state index in [-0.39, 0.29) is 11.8 Å². The summed E-state index contributed by atoms with van der Waals surface area (Å²) < 4.78 is 0. The minimum atomic E-state index is 0.107. The molecule has 0 unspecified atom stereocenters. The van der Waals surface area contributed by atoms with Gasteiger partial charge in [-0.2, -0.15) is 5.10 Å². The van der Waals surface area contributed by atoms with Crippen molar-refractivity contribution < 1.29 is 4.79 Å². The number of anilines is 1. The van der Waals surface area contributed by atoms with Crippen LogP contribution in [0.4, 0.5) is 5.82 Å². The van der Waals surface area contributed by atoms with Gasteiger partial charge in [0.2, 0.25) is 5.91 Å². The lowest BCUT2D eigenvalue weighted by Gasteiger charge is -2.19. The van der Waals surface area contributed by atoms with Gasteiger partial charge in [-0.05, 0) is 18.4 Å². The average Bonchev–Trinajstić information content (AvgIpc) is 2.97. The number of H-pyrrole nitrogens is 1. The van der Waals surface area contributed by atoms with Crippen LogP contribution < -0.4 is 5.32 Å². The molecule has 0 spiro atoms. The molecule has 4 nitrogen and oxygen atoms in total. The van der Waals surface area contributed by atoms with Crippen molar-refractivity contribution in [3.63, 3.8) is 0 Å². The number of nitrogens with one attached hydrogen (secondary N) is 2. The smallest absolute Gasteiger partial charge is 0.228 e. The molecule has 2 N–H and O–H groups in total. The van der Waals surface area contributed by atoms with Crippen LogP contribution in [0.3, 0.4) is 0 Å². The normalized spacial score (nSPS) is 16.0. The van der Waals surface area contributed by atoms with Gasteiger partial charge < -0.3 is 5.32 Å². The zero-order valence-corrected chi connectivity index (χ0v) is 11.4. The third-order valence-corrected chi connectivity index (χ3v) is 3.89. The molecule has 1 saturated carbocycles. The van der Waals surface area contributed by atoms with E-state index < -0.39 is 0 Å². The predicted octanol–water partition coefficient (Wildman–Crippen LogP) is 3.60. The van der Waals surface area contributed by atoms with Crippen molar-refractivity contribution >= 4 is 11.7 Å². The SMILES string of the molecule is O=C(Nc1cc(-c2ccccc2)[nH]n1)C1CCCCC1. The van der Waals surface area contributed by atoms with Crippen molar-refractivity contribution in [3.05, 3.63) is 36.4 Å². The number of nitrogens with zero attached hydrogens (tertiary/aromatic N) is 1. The van der Waals surface area contributed by atoms with Gasteiger partial charge in [-0.25, -0.2) is 0 Å². The molecule has 20 heavy (non-hydrogen) atoms. The van der Waals surface area contributed by atoms with Crippen LogP contribution in [0.25, 0.3) is 11.3 Å². The molecule has 1 aliphatic carbocycles. The molecule has 1 aromatic heterocycles. The van der Waals surface area contributed by atoms with E-state index in [9.17, 15) is 4.79 Å². The lowest BCUT2D eigenvalue weighted by atomic mass is 9.89. The van der Waals surface area contributed by atoms with Crippen molar-refractivity contribution in [1.29, 1.82) is 0 Å². The maximum atomic E-state index is 12.1. The topological polar surface area (TPSA) is 57.8 Å². The molecule has 4 heteroatoms. The van der Waals surface area contributed by atoms with Crippen molar-refractivity contribution in [3.8, 4) is 11.3 Å². The first-order valence-electron chi connectivity index (χ1n) is 7.24. The van der Waals surface area contributed by atoms with Crippen LogP contribution in [-0.2, 0) is 4.79 Å². The minimum Gasteiger partial charge on any atom is -0.309 e. The number of aromatic nitrogens is 2. The van der Waals surface area contributed by atoms with Crippen LogP contribution in [0.15, 0.2) is 36.4 Å². The zero-order valence-electron chi connectivity index (χ0n) is 11.4. The Labute approximate surface area is 118 Å². The molecule has 1 aliphatic rings. The number of hydrogen-bond donors (Lipinski definition) is 2. The van der Waals surface area contributed by atoms with E-state index in [0.717, 1.165) is 36.9 Å². The molecule has 1 aromatic carbocycles. The first-order chi connectivity index (χ1) is 9.83. The fraction of sp³-hybridized carbons (Fsp3) is 0.375. The molecule has 3 rings (SSSR count). The molecule has 1 fully saturated rings. The lowest BCUT2D eigenvalue weighted by Crippen LogP contribution is -2.24. The molecule has 0 saturated heterocycles. The van der Waals surface area contributed by atoms with Crippen molar-refractivity contribution in [2.45, 2.75) is 32.1 Å². The van der Waals surface area contributed by atoms with E-state index in [2.05, 4.69) is 15.5 Å².